The van der Waals surface area contributed by atoms with Crippen LogP contribution in [0.1, 0.15) is 23.2 Å². The summed E-state index contributed by atoms with van der Waals surface area (Å²) in [6.07, 6.45) is 1.54. The van der Waals surface area contributed by atoms with E-state index in [4.69, 9.17) is 9.84 Å². The first-order valence-electron chi connectivity index (χ1n) is 6.14. The number of rotatable bonds is 3. The highest BCUT2D eigenvalue weighted by molar-refractivity contribution is 5.99. The van der Waals surface area contributed by atoms with Gasteiger partial charge in [0.2, 0.25) is 0 Å². The molecule has 1 saturated heterocycles. The van der Waals surface area contributed by atoms with Crippen molar-refractivity contribution in [1.82, 2.24) is 5.32 Å². The highest BCUT2D eigenvalue weighted by Crippen LogP contribution is 2.15. The van der Waals surface area contributed by atoms with Gasteiger partial charge in [-0.3, -0.25) is 0 Å². The maximum Gasteiger partial charge on any atom is 0.337 e. The van der Waals surface area contributed by atoms with Gasteiger partial charge in [0.25, 0.3) is 0 Å². The van der Waals surface area contributed by atoms with Gasteiger partial charge in [0, 0.05) is 19.3 Å². The van der Waals surface area contributed by atoms with Crippen LogP contribution in [0, 0.1) is 0 Å². The average Bonchev–Trinajstić information content (AvgIpc) is 2.40. The third kappa shape index (κ3) is 3.69. The van der Waals surface area contributed by atoms with Crippen LogP contribution in [-0.2, 0) is 4.74 Å². The third-order valence-corrected chi connectivity index (χ3v) is 2.96. The molecule has 0 aromatic heterocycles. The molecule has 1 aromatic carbocycles. The summed E-state index contributed by atoms with van der Waals surface area (Å²) < 4.78 is 5.20. The number of anilines is 1. The van der Waals surface area contributed by atoms with Crippen molar-refractivity contribution in [1.29, 1.82) is 0 Å². The first-order valence-corrected chi connectivity index (χ1v) is 6.14. The van der Waals surface area contributed by atoms with E-state index in [1.165, 1.54) is 6.07 Å². The van der Waals surface area contributed by atoms with Crippen LogP contribution in [0.15, 0.2) is 24.3 Å². The summed E-state index contributed by atoms with van der Waals surface area (Å²) in [5, 5.41) is 14.4. The normalized spacial score (nSPS) is 15.8. The molecule has 1 aromatic rings. The SMILES string of the molecule is O=C(Nc1ccccc1C(=O)O)NC1CCOCC1. The second-order valence-corrected chi connectivity index (χ2v) is 4.34. The van der Waals surface area contributed by atoms with E-state index in [2.05, 4.69) is 10.6 Å². The molecule has 2 rings (SSSR count). The van der Waals surface area contributed by atoms with Gasteiger partial charge in [0.1, 0.15) is 0 Å². The van der Waals surface area contributed by atoms with Crippen LogP contribution < -0.4 is 10.6 Å². The second kappa shape index (κ2) is 6.19. The quantitative estimate of drug-likeness (QED) is 0.775. The maximum absolute atomic E-state index is 11.8. The van der Waals surface area contributed by atoms with E-state index < -0.39 is 5.97 Å². The third-order valence-electron chi connectivity index (χ3n) is 2.96. The summed E-state index contributed by atoms with van der Waals surface area (Å²) in [7, 11) is 0. The lowest BCUT2D eigenvalue weighted by molar-refractivity contribution is 0.0698. The molecule has 0 atom stereocenters. The molecule has 2 amide bonds. The van der Waals surface area contributed by atoms with Gasteiger partial charge >= 0.3 is 12.0 Å². The van der Waals surface area contributed by atoms with Crippen molar-refractivity contribution in [3.05, 3.63) is 29.8 Å². The molecule has 0 bridgehead atoms. The van der Waals surface area contributed by atoms with E-state index >= 15 is 0 Å². The lowest BCUT2D eigenvalue weighted by atomic mass is 10.1. The Bertz CT molecular complexity index is 469. The van der Waals surface area contributed by atoms with Gasteiger partial charge in [-0.25, -0.2) is 9.59 Å². The number of ether oxygens (including phenoxy) is 1. The summed E-state index contributed by atoms with van der Waals surface area (Å²) in [4.78, 5) is 22.8. The van der Waals surface area contributed by atoms with Crippen molar-refractivity contribution in [2.24, 2.45) is 0 Å². The van der Waals surface area contributed by atoms with Gasteiger partial charge in [-0.1, -0.05) is 12.1 Å². The van der Waals surface area contributed by atoms with Crippen molar-refractivity contribution in [3.63, 3.8) is 0 Å². The number of para-hydroxylation sites is 1. The molecule has 1 heterocycles. The Labute approximate surface area is 110 Å². The molecule has 1 aliphatic heterocycles. The van der Waals surface area contributed by atoms with Crippen molar-refractivity contribution in [2.75, 3.05) is 18.5 Å². The molecule has 3 N–H and O–H groups in total. The molecular formula is C13H16N2O4. The fraction of sp³-hybridized carbons (Fsp3) is 0.385. The predicted octanol–water partition coefficient (Wildman–Crippen LogP) is 1.69. The van der Waals surface area contributed by atoms with Crippen molar-refractivity contribution >= 4 is 17.7 Å². The van der Waals surface area contributed by atoms with Crippen molar-refractivity contribution in [3.8, 4) is 0 Å². The number of aromatic carboxylic acids is 1. The topological polar surface area (TPSA) is 87.7 Å². The number of benzene rings is 1. The Balaban J connectivity index is 1.96. The lowest BCUT2D eigenvalue weighted by Crippen LogP contribution is -2.41. The van der Waals surface area contributed by atoms with Crippen LogP contribution in [0.2, 0.25) is 0 Å². The minimum absolute atomic E-state index is 0.0737. The zero-order valence-electron chi connectivity index (χ0n) is 10.4. The Hall–Kier alpha value is -2.08. The van der Waals surface area contributed by atoms with E-state index in [-0.39, 0.29) is 17.6 Å². The van der Waals surface area contributed by atoms with E-state index in [9.17, 15) is 9.59 Å². The van der Waals surface area contributed by atoms with Crippen LogP contribution >= 0.6 is 0 Å². The van der Waals surface area contributed by atoms with Crippen LogP contribution in [0.5, 0.6) is 0 Å². The number of carboxylic acids is 1. The first-order chi connectivity index (χ1) is 9.16. The fourth-order valence-corrected chi connectivity index (χ4v) is 1.96. The van der Waals surface area contributed by atoms with Gasteiger partial charge < -0.3 is 20.5 Å². The number of carbonyl (C=O) groups excluding carboxylic acids is 1. The van der Waals surface area contributed by atoms with Crippen LogP contribution in [0.4, 0.5) is 10.5 Å². The number of urea groups is 1. The largest absolute Gasteiger partial charge is 0.478 e. The Morgan fingerprint density at radius 3 is 2.58 bits per heavy atom. The molecule has 0 aliphatic carbocycles. The zero-order chi connectivity index (χ0) is 13.7. The monoisotopic (exact) mass is 264 g/mol. The smallest absolute Gasteiger partial charge is 0.337 e. The number of amides is 2. The number of hydrogen-bond acceptors (Lipinski definition) is 3. The van der Waals surface area contributed by atoms with Crippen LogP contribution in [0.3, 0.4) is 0 Å². The molecule has 19 heavy (non-hydrogen) atoms. The Morgan fingerprint density at radius 2 is 1.89 bits per heavy atom. The molecule has 6 heteroatoms. The molecule has 6 nitrogen and oxygen atoms in total. The summed E-state index contributed by atoms with van der Waals surface area (Å²) in [6.45, 7) is 1.27. The highest BCUT2D eigenvalue weighted by atomic mass is 16.5. The number of carbonyl (C=O) groups is 2. The number of hydrogen-bond donors (Lipinski definition) is 3. The molecule has 0 unspecified atom stereocenters. The van der Waals surface area contributed by atoms with Gasteiger partial charge in [0.15, 0.2) is 0 Å². The highest BCUT2D eigenvalue weighted by Gasteiger charge is 2.17. The van der Waals surface area contributed by atoms with E-state index in [0.717, 1.165) is 12.8 Å². The number of nitrogens with one attached hydrogen (secondary N) is 2. The zero-order valence-corrected chi connectivity index (χ0v) is 10.4. The second-order valence-electron chi connectivity index (χ2n) is 4.34. The molecular weight excluding hydrogens is 248 g/mol. The van der Waals surface area contributed by atoms with Gasteiger partial charge in [-0.15, -0.1) is 0 Å². The predicted molar refractivity (Wildman–Crippen MR) is 69.4 cm³/mol. The molecule has 0 radical (unpaired) electrons. The summed E-state index contributed by atoms with van der Waals surface area (Å²) in [5.74, 6) is -1.07. The van der Waals surface area contributed by atoms with Gasteiger partial charge in [0.05, 0.1) is 11.3 Å². The summed E-state index contributed by atoms with van der Waals surface area (Å²) in [5.41, 5.74) is 0.365. The minimum atomic E-state index is -1.07. The average molecular weight is 264 g/mol. The lowest BCUT2D eigenvalue weighted by Gasteiger charge is -2.23. The summed E-state index contributed by atoms with van der Waals surface area (Å²) >= 11 is 0. The van der Waals surface area contributed by atoms with Gasteiger partial charge in [-0.05, 0) is 25.0 Å². The first kappa shape index (κ1) is 13.4. The Morgan fingerprint density at radius 1 is 1.21 bits per heavy atom. The molecule has 0 saturated carbocycles. The standard InChI is InChI=1S/C13H16N2O4/c16-12(17)10-3-1-2-4-11(10)15-13(18)14-9-5-7-19-8-6-9/h1-4,9H,5-8H2,(H,16,17)(H2,14,15,18). The molecule has 0 spiro atoms. The molecule has 1 aliphatic rings. The van der Waals surface area contributed by atoms with Crippen LogP contribution in [-0.4, -0.2) is 36.4 Å². The van der Waals surface area contributed by atoms with E-state index in [0.29, 0.717) is 18.9 Å². The molecule has 102 valence electrons. The summed E-state index contributed by atoms with van der Waals surface area (Å²) in [6, 6.07) is 5.99. The minimum Gasteiger partial charge on any atom is -0.478 e. The van der Waals surface area contributed by atoms with E-state index in [1.807, 2.05) is 0 Å². The number of carboxylic acid groups (broad SMARTS) is 1. The maximum atomic E-state index is 11.8. The van der Waals surface area contributed by atoms with Gasteiger partial charge in [-0.2, -0.15) is 0 Å². The van der Waals surface area contributed by atoms with Crippen molar-refractivity contribution in [2.45, 2.75) is 18.9 Å². The fourth-order valence-electron chi connectivity index (χ4n) is 1.96. The van der Waals surface area contributed by atoms with Crippen LogP contribution in [0.25, 0.3) is 0 Å². The molecule has 1 fully saturated rings. The van der Waals surface area contributed by atoms with Crippen molar-refractivity contribution < 1.29 is 19.4 Å². The Kier molecular flexibility index (Phi) is 4.35. The van der Waals surface area contributed by atoms with E-state index in [1.54, 1.807) is 18.2 Å².